The Bertz CT molecular complexity index is 1140. The first kappa shape index (κ1) is 18.5. The number of allylic oxidation sites excluding steroid dienone is 1. The lowest BCUT2D eigenvalue weighted by Crippen LogP contribution is -2.15. The van der Waals surface area contributed by atoms with Gasteiger partial charge in [0.2, 0.25) is 0 Å². The average molecular weight is 396 g/mol. The van der Waals surface area contributed by atoms with E-state index in [2.05, 4.69) is 64.1 Å². The van der Waals surface area contributed by atoms with Gasteiger partial charge in [-0.3, -0.25) is 9.69 Å². The van der Waals surface area contributed by atoms with Crippen molar-refractivity contribution in [1.29, 1.82) is 0 Å². The van der Waals surface area contributed by atoms with Crippen molar-refractivity contribution in [3.63, 3.8) is 0 Å². The first-order chi connectivity index (χ1) is 14.6. The van der Waals surface area contributed by atoms with Crippen LogP contribution in [0.4, 0.5) is 17.1 Å². The minimum absolute atomic E-state index is 0.106. The van der Waals surface area contributed by atoms with Gasteiger partial charge in [0.1, 0.15) is 0 Å². The Kier molecular flexibility index (Phi) is 4.52. The summed E-state index contributed by atoms with van der Waals surface area (Å²) >= 11 is 0. The number of carbonyl (C=O) groups excluding carboxylic acids is 1. The van der Waals surface area contributed by atoms with Gasteiger partial charge in [0.25, 0.3) is 5.91 Å². The zero-order valence-corrected chi connectivity index (χ0v) is 16.9. The highest BCUT2D eigenvalue weighted by Crippen LogP contribution is 2.35. The van der Waals surface area contributed by atoms with Crippen LogP contribution in [0.3, 0.4) is 0 Å². The number of fused-ring (bicyclic) bond motifs is 2. The molecule has 0 atom stereocenters. The van der Waals surface area contributed by atoms with Crippen molar-refractivity contribution < 1.29 is 4.79 Å². The van der Waals surface area contributed by atoms with Gasteiger partial charge in [0, 0.05) is 48.0 Å². The standard InChI is InChI=1S/C25H24N4O/c1-16(24-22-12-20(26)8-11-23(22)28-25(24)30)27-21-9-6-17(7-10-21)13-29-14-18-4-2-3-5-19(18)15-29/h2-12,27H,13-15,26H2,1H3,(H,28,30)/b24-16-. The zero-order valence-electron chi connectivity index (χ0n) is 16.9. The summed E-state index contributed by atoms with van der Waals surface area (Å²) in [6.07, 6.45) is 0. The molecule has 0 aromatic heterocycles. The van der Waals surface area contributed by atoms with Crippen LogP contribution in [0.25, 0.3) is 5.57 Å². The summed E-state index contributed by atoms with van der Waals surface area (Å²) < 4.78 is 0. The Morgan fingerprint density at radius 1 is 1.03 bits per heavy atom. The average Bonchev–Trinajstić information content (AvgIpc) is 3.28. The molecule has 1 amide bonds. The number of amides is 1. The molecule has 5 nitrogen and oxygen atoms in total. The second-order valence-electron chi connectivity index (χ2n) is 7.99. The van der Waals surface area contributed by atoms with Gasteiger partial charge in [-0.1, -0.05) is 36.4 Å². The molecule has 0 radical (unpaired) electrons. The topological polar surface area (TPSA) is 70.4 Å². The summed E-state index contributed by atoms with van der Waals surface area (Å²) in [5.74, 6) is -0.106. The summed E-state index contributed by atoms with van der Waals surface area (Å²) in [7, 11) is 0. The molecule has 0 saturated heterocycles. The Hall–Kier alpha value is -3.57. The van der Waals surface area contributed by atoms with Gasteiger partial charge in [0.05, 0.1) is 5.57 Å². The van der Waals surface area contributed by atoms with Crippen LogP contribution in [0, 0.1) is 0 Å². The van der Waals surface area contributed by atoms with Crippen LogP contribution in [0.2, 0.25) is 0 Å². The fraction of sp³-hybridized carbons (Fsp3) is 0.160. The van der Waals surface area contributed by atoms with Crippen LogP contribution in [-0.2, 0) is 24.4 Å². The van der Waals surface area contributed by atoms with Crippen molar-refractivity contribution in [2.24, 2.45) is 0 Å². The van der Waals surface area contributed by atoms with Gasteiger partial charge in [-0.2, -0.15) is 0 Å². The fourth-order valence-electron chi connectivity index (χ4n) is 4.30. The predicted molar refractivity (Wildman–Crippen MR) is 122 cm³/mol. The maximum Gasteiger partial charge on any atom is 0.258 e. The van der Waals surface area contributed by atoms with Gasteiger partial charge < -0.3 is 16.4 Å². The molecule has 5 rings (SSSR count). The molecule has 3 aromatic carbocycles. The van der Waals surface area contributed by atoms with Crippen molar-refractivity contribution in [1.82, 2.24) is 4.90 Å². The molecule has 2 heterocycles. The van der Waals surface area contributed by atoms with Gasteiger partial charge in [0.15, 0.2) is 0 Å². The summed E-state index contributed by atoms with van der Waals surface area (Å²) in [6, 6.07) is 22.5. The molecular formula is C25H24N4O. The Morgan fingerprint density at radius 3 is 2.43 bits per heavy atom. The van der Waals surface area contributed by atoms with Crippen LogP contribution >= 0.6 is 0 Å². The molecule has 0 aliphatic carbocycles. The maximum absolute atomic E-state index is 12.5. The van der Waals surface area contributed by atoms with Gasteiger partial charge >= 0.3 is 0 Å². The van der Waals surface area contributed by atoms with E-state index < -0.39 is 0 Å². The van der Waals surface area contributed by atoms with E-state index in [9.17, 15) is 4.79 Å². The van der Waals surface area contributed by atoms with Crippen molar-refractivity contribution in [2.45, 2.75) is 26.6 Å². The lowest BCUT2D eigenvalue weighted by atomic mass is 10.0. The van der Waals surface area contributed by atoms with Crippen LogP contribution in [0.5, 0.6) is 0 Å². The molecule has 2 aliphatic rings. The first-order valence-corrected chi connectivity index (χ1v) is 10.1. The molecule has 0 saturated carbocycles. The molecule has 2 aliphatic heterocycles. The number of carbonyl (C=O) groups is 1. The molecule has 4 N–H and O–H groups in total. The maximum atomic E-state index is 12.5. The van der Waals surface area contributed by atoms with E-state index in [0.29, 0.717) is 11.3 Å². The number of nitrogens with zero attached hydrogens (tertiary/aromatic N) is 1. The van der Waals surface area contributed by atoms with Crippen molar-refractivity contribution in [2.75, 3.05) is 16.4 Å². The van der Waals surface area contributed by atoms with Gasteiger partial charge in [-0.25, -0.2) is 0 Å². The predicted octanol–water partition coefficient (Wildman–Crippen LogP) is 4.58. The van der Waals surface area contributed by atoms with E-state index in [4.69, 9.17) is 5.73 Å². The second-order valence-corrected chi connectivity index (χ2v) is 7.99. The first-order valence-electron chi connectivity index (χ1n) is 10.1. The minimum Gasteiger partial charge on any atom is -0.399 e. The highest BCUT2D eigenvalue weighted by molar-refractivity contribution is 6.32. The quantitative estimate of drug-likeness (QED) is 0.446. The molecule has 0 unspecified atom stereocenters. The van der Waals surface area contributed by atoms with Crippen molar-refractivity contribution in [3.8, 4) is 0 Å². The van der Waals surface area contributed by atoms with Gasteiger partial charge in [-0.15, -0.1) is 0 Å². The van der Waals surface area contributed by atoms with E-state index >= 15 is 0 Å². The van der Waals surface area contributed by atoms with E-state index in [-0.39, 0.29) is 5.91 Å². The van der Waals surface area contributed by atoms with E-state index in [1.165, 1.54) is 16.7 Å². The minimum atomic E-state index is -0.106. The molecule has 150 valence electrons. The number of hydrogen-bond donors (Lipinski definition) is 3. The third kappa shape index (κ3) is 3.44. The van der Waals surface area contributed by atoms with Crippen LogP contribution in [0.15, 0.2) is 72.4 Å². The summed E-state index contributed by atoms with van der Waals surface area (Å²) in [5.41, 5.74) is 14.7. The fourth-order valence-corrected chi connectivity index (χ4v) is 4.30. The monoisotopic (exact) mass is 396 g/mol. The Labute approximate surface area is 176 Å². The largest absolute Gasteiger partial charge is 0.399 e. The van der Waals surface area contributed by atoms with E-state index in [1.54, 1.807) is 6.07 Å². The number of anilines is 3. The summed E-state index contributed by atoms with van der Waals surface area (Å²) in [4.78, 5) is 14.9. The molecule has 30 heavy (non-hydrogen) atoms. The normalized spacial score (nSPS) is 16.8. The third-order valence-corrected chi connectivity index (χ3v) is 5.76. The lowest BCUT2D eigenvalue weighted by Gasteiger charge is -2.15. The van der Waals surface area contributed by atoms with Crippen molar-refractivity contribution in [3.05, 3.63) is 94.7 Å². The van der Waals surface area contributed by atoms with Crippen molar-refractivity contribution >= 4 is 28.5 Å². The Balaban J connectivity index is 1.30. The number of nitrogens with two attached hydrogens (primary N) is 1. The highest BCUT2D eigenvalue weighted by Gasteiger charge is 2.26. The zero-order chi connectivity index (χ0) is 20.7. The summed E-state index contributed by atoms with van der Waals surface area (Å²) in [6.45, 7) is 4.84. The Morgan fingerprint density at radius 2 is 1.73 bits per heavy atom. The van der Waals surface area contributed by atoms with Gasteiger partial charge in [-0.05, 0) is 53.9 Å². The van der Waals surface area contributed by atoms with Crippen LogP contribution in [-0.4, -0.2) is 10.8 Å². The highest BCUT2D eigenvalue weighted by atomic mass is 16.2. The lowest BCUT2D eigenvalue weighted by molar-refractivity contribution is -0.110. The van der Waals surface area contributed by atoms with Crippen LogP contribution < -0.4 is 16.4 Å². The number of nitrogen functional groups attached to an aromatic ring is 1. The number of hydrogen-bond acceptors (Lipinski definition) is 4. The smallest absolute Gasteiger partial charge is 0.258 e. The second kappa shape index (κ2) is 7.35. The van der Waals surface area contributed by atoms with E-state index in [0.717, 1.165) is 42.3 Å². The molecule has 5 heteroatoms. The SMILES string of the molecule is C/C(Nc1ccc(CN2Cc3ccccc3C2)cc1)=C1/C(=O)Nc2ccc(N)cc21. The third-order valence-electron chi connectivity index (χ3n) is 5.76. The number of benzene rings is 3. The van der Waals surface area contributed by atoms with Crippen LogP contribution in [0.1, 0.15) is 29.2 Å². The molecule has 0 bridgehead atoms. The number of rotatable bonds is 4. The molecule has 0 fully saturated rings. The number of nitrogens with one attached hydrogen (secondary N) is 2. The molecule has 3 aromatic rings. The van der Waals surface area contributed by atoms with E-state index in [1.807, 2.05) is 19.1 Å². The summed E-state index contributed by atoms with van der Waals surface area (Å²) in [5, 5.41) is 6.27. The molecule has 0 spiro atoms. The molecular weight excluding hydrogens is 372 g/mol.